The van der Waals surface area contributed by atoms with E-state index in [-0.39, 0.29) is 10.6 Å². The minimum atomic E-state index is -4.08. The van der Waals surface area contributed by atoms with Crippen LogP contribution in [-0.2, 0) is 28.9 Å². The summed E-state index contributed by atoms with van der Waals surface area (Å²) < 4.78 is 30.5. The van der Waals surface area contributed by atoms with Crippen LogP contribution in [0.15, 0.2) is 46.1 Å². The molecule has 0 spiro atoms. The molecule has 2 aromatic carbocycles. The molecule has 1 amide bonds. The normalized spacial score (nSPS) is 11.7. The van der Waals surface area contributed by atoms with Crippen LogP contribution in [0.2, 0.25) is 0 Å². The number of hydrogen-bond donors (Lipinski definition) is 1. The van der Waals surface area contributed by atoms with Crippen molar-refractivity contribution in [1.29, 1.82) is 0 Å². The van der Waals surface area contributed by atoms with Crippen molar-refractivity contribution in [2.75, 3.05) is 10.8 Å². The van der Waals surface area contributed by atoms with Gasteiger partial charge in [0.2, 0.25) is 5.91 Å². The molecule has 0 saturated heterocycles. The Bertz CT molecular complexity index is 1250. The average molecular weight is 402 g/mol. The van der Waals surface area contributed by atoms with Crippen molar-refractivity contribution in [3.05, 3.63) is 58.0 Å². The summed E-state index contributed by atoms with van der Waals surface area (Å²) in [6.07, 6.45) is 0. The fourth-order valence-electron chi connectivity index (χ4n) is 3.11. The topological polar surface area (TPSA) is 107 Å². The third-order valence-electron chi connectivity index (χ3n) is 4.91. The van der Waals surface area contributed by atoms with E-state index in [4.69, 9.17) is 5.73 Å². The van der Waals surface area contributed by atoms with Crippen LogP contribution in [0.1, 0.15) is 11.1 Å². The van der Waals surface area contributed by atoms with Crippen LogP contribution in [0.5, 0.6) is 0 Å². The van der Waals surface area contributed by atoms with E-state index in [0.29, 0.717) is 16.7 Å². The van der Waals surface area contributed by atoms with E-state index < -0.39 is 22.5 Å². The van der Waals surface area contributed by atoms with Crippen molar-refractivity contribution in [2.24, 2.45) is 19.8 Å². The van der Waals surface area contributed by atoms with Crippen LogP contribution in [-0.4, -0.2) is 30.0 Å². The number of rotatable bonds is 5. The number of hydrogen-bond acceptors (Lipinski definition) is 4. The number of carbonyl (C=O) groups is 1. The molecule has 1 heterocycles. The van der Waals surface area contributed by atoms with Crippen molar-refractivity contribution in [3.8, 4) is 0 Å². The number of nitrogens with two attached hydrogens (primary N) is 1. The summed E-state index contributed by atoms with van der Waals surface area (Å²) in [7, 11) is -0.889. The van der Waals surface area contributed by atoms with Crippen LogP contribution < -0.4 is 15.7 Å². The molecule has 9 heteroatoms. The number of anilines is 1. The smallest absolute Gasteiger partial charge is 0.328 e. The number of primary amides is 1. The molecule has 3 rings (SSSR count). The van der Waals surface area contributed by atoms with Crippen LogP contribution in [0.4, 0.5) is 5.69 Å². The summed E-state index contributed by atoms with van der Waals surface area (Å²) in [5.41, 5.74) is 8.39. The lowest BCUT2D eigenvalue weighted by Crippen LogP contribution is -2.38. The Morgan fingerprint density at radius 2 is 1.64 bits per heavy atom. The number of nitrogens with zero attached hydrogens (tertiary/aromatic N) is 3. The summed E-state index contributed by atoms with van der Waals surface area (Å²) >= 11 is 0. The number of amides is 1. The lowest BCUT2D eigenvalue weighted by Gasteiger charge is -2.24. The van der Waals surface area contributed by atoms with Gasteiger partial charge in [0.15, 0.2) is 0 Å². The highest BCUT2D eigenvalue weighted by molar-refractivity contribution is 7.92. The molecule has 0 aliphatic heterocycles. The second kappa shape index (κ2) is 6.83. The number of sulfonamides is 1. The third kappa shape index (κ3) is 3.18. The maximum Gasteiger partial charge on any atom is 0.328 e. The summed E-state index contributed by atoms with van der Waals surface area (Å²) in [5.74, 6) is -0.769. The number of aromatic nitrogens is 2. The average Bonchev–Trinajstić information content (AvgIpc) is 2.86. The fraction of sp³-hybridized carbons (Fsp3) is 0.263. The van der Waals surface area contributed by atoms with Gasteiger partial charge in [-0.2, -0.15) is 0 Å². The number of aryl methyl sites for hydroxylation is 4. The monoisotopic (exact) mass is 402 g/mol. The molecule has 28 heavy (non-hydrogen) atoms. The van der Waals surface area contributed by atoms with E-state index >= 15 is 0 Å². The fourth-order valence-corrected chi connectivity index (χ4v) is 4.55. The molecule has 2 N–H and O–H groups in total. The minimum Gasteiger partial charge on any atom is -0.368 e. The van der Waals surface area contributed by atoms with Gasteiger partial charge in [-0.1, -0.05) is 6.07 Å². The minimum absolute atomic E-state index is 0.0271. The van der Waals surface area contributed by atoms with Crippen molar-refractivity contribution >= 4 is 32.7 Å². The Labute approximate surface area is 162 Å². The maximum atomic E-state index is 13.3. The second-order valence-electron chi connectivity index (χ2n) is 6.80. The molecule has 8 nitrogen and oxygen atoms in total. The Morgan fingerprint density at radius 3 is 2.25 bits per heavy atom. The van der Waals surface area contributed by atoms with Gasteiger partial charge < -0.3 is 5.73 Å². The van der Waals surface area contributed by atoms with Crippen LogP contribution >= 0.6 is 0 Å². The number of fused-ring (bicyclic) bond motifs is 1. The summed E-state index contributed by atoms with van der Waals surface area (Å²) in [6.45, 7) is 3.28. The van der Waals surface area contributed by atoms with E-state index in [1.165, 1.54) is 21.3 Å². The van der Waals surface area contributed by atoms with Gasteiger partial charge in [-0.25, -0.2) is 13.2 Å². The molecular formula is C19H22N4O4S. The lowest BCUT2D eigenvalue weighted by molar-refractivity contribution is -0.116. The zero-order valence-corrected chi connectivity index (χ0v) is 16.9. The Balaban J connectivity index is 2.20. The Morgan fingerprint density at radius 1 is 1.00 bits per heavy atom. The Kier molecular flexibility index (Phi) is 4.80. The first-order chi connectivity index (χ1) is 13.0. The highest BCUT2D eigenvalue weighted by Gasteiger charge is 2.27. The first kappa shape index (κ1) is 19.7. The van der Waals surface area contributed by atoms with E-state index in [9.17, 15) is 18.0 Å². The zero-order chi connectivity index (χ0) is 20.8. The van der Waals surface area contributed by atoms with Crippen molar-refractivity contribution in [1.82, 2.24) is 9.13 Å². The molecule has 0 saturated carbocycles. The van der Waals surface area contributed by atoms with Crippen LogP contribution in [0.3, 0.4) is 0 Å². The molecule has 0 fully saturated rings. The summed E-state index contributed by atoms with van der Waals surface area (Å²) in [6, 6.07) is 9.56. The molecule has 148 valence electrons. The predicted molar refractivity (Wildman–Crippen MR) is 108 cm³/mol. The molecule has 0 unspecified atom stereocenters. The SMILES string of the molecule is Cc1ccc(N(CC(N)=O)S(=O)(=O)c2ccc3c(c2)n(C)c(=O)n3C)cc1C. The van der Waals surface area contributed by atoms with Crippen molar-refractivity contribution in [3.63, 3.8) is 0 Å². The second-order valence-corrected chi connectivity index (χ2v) is 8.66. The predicted octanol–water partition coefficient (Wildman–Crippen LogP) is 1.17. The van der Waals surface area contributed by atoms with Gasteiger partial charge in [0.1, 0.15) is 6.54 Å². The molecular weight excluding hydrogens is 380 g/mol. The van der Waals surface area contributed by atoms with Gasteiger partial charge in [-0.15, -0.1) is 0 Å². The Hall–Kier alpha value is -3.07. The molecule has 0 bridgehead atoms. The highest BCUT2D eigenvalue weighted by atomic mass is 32.2. The number of benzene rings is 2. The van der Waals surface area contributed by atoms with Gasteiger partial charge in [-0.3, -0.25) is 18.2 Å². The molecule has 0 atom stereocenters. The number of imidazole rings is 1. The quantitative estimate of drug-likeness (QED) is 0.691. The van der Waals surface area contributed by atoms with E-state index in [1.54, 1.807) is 38.4 Å². The van der Waals surface area contributed by atoms with Gasteiger partial charge in [0.05, 0.1) is 21.6 Å². The zero-order valence-electron chi connectivity index (χ0n) is 16.1. The van der Waals surface area contributed by atoms with Crippen LogP contribution in [0, 0.1) is 13.8 Å². The van der Waals surface area contributed by atoms with Crippen LogP contribution in [0.25, 0.3) is 11.0 Å². The summed E-state index contributed by atoms with van der Waals surface area (Å²) in [5, 5.41) is 0. The molecule has 0 aliphatic rings. The van der Waals surface area contributed by atoms with Crippen molar-refractivity contribution < 1.29 is 13.2 Å². The van der Waals surface area contributed by atoms with Gasteiger partial charge in [0.25, 0.3) is 10.0 Å². The number of carbonyl (C=O) groups excluding carboxylic acids is 1. The highest BCUT2D eigenvalue weighted by Crippen LogP contribution is 2.27. The first-order valence-electron chi connectivity index (χ1n) is 8.58. The molecule has 0 aliphatic carbocycles. The van der Waals surface area contributed by atoms with Gasteiger partial charge in [-0.05, 0) is 55.3 Å². The summed E-state index contributed by atoms with van der Waals surface area (Å²) in [4.78, 5) is 23.7. The third-order valence-corrected chi connectivity index (χ3v) is 6.68. The van der Waals surface area contributed by atoms with E-state index in [0.717, 1.165) is 15.4 Å². The maximum absolute atomic E-state index is 13.3. The standard InChI is InChI=1S/C19H22N4O4S/c1-12-5-6-14(9-13(12)2)23(11-18(20)24)28(26,27)15-7-8-16-17(10-15)22(4)19(25)21(16)3/h5-10H,11H2,1-4H3,(H2,20,24). The van der Waals surface area contributed by atoms with Gasteiger partial charge >= 0.3 is 5.69 Å². The first-order valence-corrected chi connectivity index (χ1v) is 10.0. The van der Waals surface area contributed by atoms with E-state index in [1.807, 2.05) is 13.8 Å². The van der Waals surface area contributed by atoms with E-state index in [2.05, 4.69) is 0 Å². The molecule has 1 aromatic heterocycles. The lowest BCUT2D eigenvalue weighted by atomic mass is 10.1. The largest absolute Gasteiger partial charge is 0.368 e. The van der Waals surface area contributed by atoms with Gasteiger partial charge in [0, 0.05) is 14.1 Å². The van der Waals surface area contributed by atoms with Crippen molar-refractivity contribution in [2.45, 2.75) is 18.7 Å². The molecule has 3 aromatic rings. The molecule has 0 radical (unpaired) electrons.